The number of nitrogens with one attached hydrogen (secondary N) is 1. The Labute approximate surface area is 294 Å². The van der Waals surface area contributed by atoms with Crippen LogP contribution in [0, 0.1) is 17.5 Å². The van der Waals surface area contributed by atoms with Gasteiger partial charge in [-0.15, -0.1) is 0 Å². The van der Waals surface area contributed by atoms with Crippen LogP contribution in [-0.2, 0) is 29.6 Å². The standard InChI is InChI=1S/C34H30F9N7O3/c35-18-9-16(10-19(36)13-18)11-24(46-25(52)15-50-29-26(28(48-50)30(38)39)33(40,41)5-6-34(29,42)43)27-22(17-1-2-23(37)21(12-17)31(44)53)14-45-32(47-27)49-7-3-20(51)4-8-49/h1-2,9-10,12-14,20,24,30,51H,3-8,11,15H2,(H2,44,53)(H,46,52)/t24-/m0/s1. The molecule has 4 N–H and O–H groups in total. The van der Waals surface area contributed by atoms with Crippen molar-refractivity contribution in [2.45, 2.75) is 69.1 Å². The number of primary amides is 1. The van der Waals surface area contributed by atoms with Gasteiger partial charge in [0.15, 0.2) is 0 Å². The van der Waals surface area contributed by atoms with Crippen molar-refractivity contribution in [3.05, 3.63) is 93.8 Å². The summed E-state index contributed by atoms with van der Waals surface area (Å²) in [6.45, 7) is -0.706. The maximum Gasteiger partial charge on any atom is 0.290 e. The van der Waals surface area contributed by atoms with Crippen LogP contribution in [0.15, 0.2) is 42.6 Å². The lowest BCUT2D eigenvalue weighted by Gasteiger charge is -2.31. The summed E-state index contributed by atoms with van der Waals surface area (Å²) in [5, 5.41) is 15.8. The summed E-state index contributed by atoms with van der Waals surface area (Å²) in [5.41, 5.74) is -0.0499. The van der Waals surface area contributed by atoms with Crippen LogP contribution in [0.25, 0.3) is 11.1 Å². The Bertz CT molecular complexity index is 2030. The number of hydrogen-bond donors (Lipinski definition) is 3. The number of hydrogen-bond acceptors (Lipinski definition) is 7. The summed E-state index contributed by atoms with van der Waals surface area (Å²) >= 11 is 0. The van der Waals surface area contributed by atoms with Gasteiger partial charge in [-0.2, -0.15) is 13.9 Å². The van der Waals surface area contributed by atoms with Gasteiger partial charge in [-0.3, -0.25) is 14.3 Å². The second kappa shape index (κ2) is 14.3. The Balaban J connectivity index is 1.47. The molecule has 0 saturated carbocycles. The molecule has 2 aromatic carbocycles. The Morgan fingerprint density at radius 1 is 0.962 bits per heavy atom. The largest absolute Gasteiger partial charge is 0.393 e. The van der Waals surface area contributed by atoms with E-state index in [0.717, 1.165) is 24.3 Å². The summed E-state index contributed by atoms with van der Waals surface area (Å²) in [7, 11) is 0. The number of rotatable bonds is 10. The van der Waals surface area contributed by atoms with Crippen LogP contribution in [0.2, 0.25) is 0 Å². The molecule has 19 heteroatoms. The number of aliphatic hydroxyl groups excluding tert-OH is 1. The highest BCUT2D eigenvalue weighted by Gasteiger charge is 2.55. The fourth-order valence-corrected chi connectivity index (χ4v) is 6.57. The zero-order valence-corrected chi connectivity index (χ0v) is 27.4. The van der Waals surface area contributed by atoms with Gasteiger partial charge in [0, 0.05) is 43.8 Å². The number of benzene rings is 2. The number of alkyl halides is 6. The number of anilines is 1. The third kappa shape index (κ3) is 7.79. The lowest BCUT2D eigenvalue weighted by Crippen LogP contribution is -2.38. The third-order valence-electron chi connectivity index (χ3n) is 9.07. The van der Waals surface area contributed by atoms with E-state index in [9.17, 15) is 45.4 Å². The molecule has 282 valence electrons. The zero-order chi connectivity index (χ0) is 38.4. The first-order chi connectivity index (χ1) is 24.9. The van der Waals surface area contributed by atoms with Crippen LogP contribution < -0.4 is 16.0 Å². The minimum Gasteiger partial charge on any atom is -0.393 e. The molecule has 2 aliphatic rings. The fourth-order valence-electron chi connectivity index (χ4n) is 6.57. The van der Waals surface area contributed by atoms with E-state index in [4.69, 9.17) is 5.73 Å². The zero-order valence-electron chi connectivity index (χ0n) is 27.4. The second-order valence-corrected chi connectivity index (χ2v) is 12.8. The molecule has 4 aromatic rings. The van der Waals surface area contributed by atoms with Gasteiger partial charge in [0.2, 0.25) is 11.9 Å². The van der Waals surface area contributed by atoms with E-state index in [-0.39, 0.29) is 46.1 Å². The maximum atomic E-state index is 15.1. The number of aromatic nitrogens is 4. The van der Waals surface area contributed by atoms with E-state index in [1.165, 1.54) is 12.3 Å². The van der Waals surface area contributed by atoms with Gasteiger partial charge in [0.05, 0.1) is 29.0 Å². The molecule has 1 aliphatic carbocycles. The Morgan fingerprint density at radius 3 is 2.26 bits per heavy atom. The van der Waals surface area contributed by atoms with Crippen molar-refractivity contribution in [2.75, 3.05) is 18.0 Å². The first-order valence-corrected chi connectivity index (χ1v) is 16.2. The number of aliphatic hydroxyl groups is 1. The lowest BCUT2D eigenvalue weighted by atomic mass is 9.89. The van der Waals surface area contributed by atoms with Gasteiger partial charge >= 0.3 is 0 Å². The van der Waals surface area contributed by atoms with Gasteiger partial charge in [0.25, 0.3) is 24.2 Å². The smallest absolute Gasteiger partial charge is 0.290 e. The number of fused-ring (bicyclic) bond motifs is 1. The highest BCUT2D eigenvalue weighted by Crippen LogP contribution is 2.52. The molecule has 2 amide bonds. The molecule has 1 fully saturated rings. The van der Waals surface area contributed by atoms with Crippen molar-refractivity contribution in [3.8, 4) is 11.1 Å². The number of carbonyl (C=O) groups is 2. The Morgan fingerprint density at radius 2 is 1.62 bits per heavy atom. The topological polar surface area (TPSA) is 139 Å². The highest BCUT2D eigenvalue weighted by atomic mass is 19.3. The van der Waals surface area contributed by atoms with Crippen LogP contribution >= 0.6 is 0 Å². The van der Waals surface area contributed by atoms with Crippen molar-refractivity contribution in [3.63, 3.8) is 0 Å². The first-order valence-electron chi connectivity index (χ1n) is 16.2. The van der Waals surface area contributed by atoms with Gasteiger partial charge in [-0.1, -0.05) is 6.07 Å². The van der Waals surface area contributed by atoms with Crippen molar-refractivity contribution in [2.24, 2.45) is 5.73 Å². The van der Waals surface area contributed by atoms with Crippen molar-refractivity contribution < 1.29 is 54.2 Å². The average molecular weight is 756 g/mol. The van der Waals surface area contributed by atoms with E-state index in [1.807, 2.05) is 0 Å². The van der Waals surface area contributed by atoms with Gasteiger partial charge < -0.3 is 21.1 Å². The lowest BCUT2D eigenvalue weighted by molar-refractivity contribution is -0.123. The molecular formula is C34H30F9N7O3. The predicted octanol–water partition coefficient (Wildman–Crippen LogP) is 5.83. The normalized spacial score (nSPS) is 17.5. The SMILES string of the molecule is NC(=O)c1cc(-c2cnc(N3CCC(O)CC3)nc2[C@H](Cc2cc(F)cc(F)c2)NC(=O)Cn2nc(C(F)F)c3c2C(F)(F)CCC3(F)F)ccc1F. The molecule has 0 spiro atoms. The fraction of sp³-hybridized carbons (Fsp3) is 0.382. The maximum absolute atomic E-state index is 15.1. The molecular weight excluding hydrogens is 725 g/mol. The number of nitrogens with two attached hydrogens (primary N) is 1. The summed E-state index contributed by atoms with van der Waals surface area (Å²) < 4.78 is 131. The molecule has 1 aliphatic heterocycles. The molecule has 3 heterocycles. The highest BCUT2D eigenvalue weighted by molar-refractivity contribution is 5.94. The van der Waals surface area contributed by atoms with Crippen LogP contribution in [0.3, 0.4) is 0 Å². The summed E-state index contributed by atoms with van der Waals surface area (Å²) in [6, 6.07) is 4.21. The van der Waals surface area contributed by atoms with E-state index in [2.05, 4.69) is 20.4 Å². The molecule has 53 heavy (non-hydrogen) atoms. The number of amides is 2. The minimum absolute atomic E-state index is 0.0399. The van der Waals surface area contributed by atoms with Gasteiger partial charge in [-0.05, 0) is 54.7 Å². The Hall–Kier alpha value is -5.20. The summed E-state index contributed by atoms with van der Waals surface area (Å²) in [4.78, 5) is 36.4. The molecule has 1 saturated heterocycles. The monoisotopic (exact) mass is 755 g/mol. The van der Waals surface area contributed by atoms with Gasteiger partial charge in [0.1, 0.15) is 35.4 Å². The second-order valence-electron chi connectivity index (χ2n) is 12.8. The average Bonchev–Trinajstić information content (AvgIpc) is 3.48. The van der Waals surface area contributed by atoms with E-state index in [1.54, 1.807) is 4.90 Å². The van der Waals surface area contributed by atoms with Crippen molar-refractivity contribution in [1.29, 1.82) is 0 Å². The van der Waals surface area contributed by atoms with E-state index in [0.29, 0.717) is 18.9 Å². The molecule has 0 bridgehead atoms. The van der Waals surface area contributed by atoms with Crippen LogP contribution in [0.5, 0.6) is 0 Å². The third-order valence-corrected chi connectivity index (χ3v) is 9.07. The van der Waals surface area contributed by atoms with E-state index < -0.39 is 108 Å². The summed E-state index contributed by atoms with van der Waals surface area (Å²) in [5.74, 6) is -13.4. The number of piperidine rings is 1. The van der Waals surface area contributed by atoms with Crippen molar-refractivity contribution in [1.82, 2.24) is 25.1 Å². The van der Waals surface area contributed by atoms with Crippen LogP contribution in [0.1, 0.15) is 76.7 Å². The molecule has 0 unspecified atom stereocenters. The first kappa shape index (κ1) is 37.6. The molecule has 10 nitrogen and oxygen atoms in total. The molecule has 1 atom stereocenters. The molecule has 2 aromatic heterocycles. The van der Waals surface area contributed by atoms with Crippen LogP contribution in [-0.4, -0.2) is 55.9 Å². The van der Waals surface area contributed by atoms with Crippen LogP contribution in [0.4, 0.5) is 45.5 Å². The number of halogens is 9. The summed E-state index contributed by atoms with van der Waals surface area (Å²) in [6.07, 6.45) is -5.68. The van der Waals surface area contributed by atoms with E-state index >= 15 is 8.78 Å². The van der Waals surface area contributed by atoms with Gasteiger partial charge in [-0.25, -0.2) is 40.7 Å². The van der Waals surface area contributed by atoms with Crippen molar-refractivity contribution >= 4 is 17.8 Å². The molecule has 6 rings (SSSR count). The predicted molar refractivity (Wildman–Crippen MR) is 169 cm³/mol. The minimum atomic E-state index is -4.10. The number of nitrogens with zero attached hydrogens (tertiary/aromatic N) is 5. The quantitative estimate of drug-likeness (QED) is 0.173. The molecule has 0 radical (unpaired) electrons. The Kier molecular flexibility index (Phi) is 10.1. The number of carbonyl (C=O) groups excluding carboxylic acids is 2.